The van der Waals surface area contributed by atoms with E-state index < -0.39 is 11.0 Å². The van der Waals surface area contributed by atoms with Gasteiger partial charge in [0.15, 0.2) is 6.61 Å². The summed E-state index contributed by atoms with van der Waals surface area (Å²) in [5, 5.41) is 13.5. The van der Waals surface area contributed by atoms with E-state index in [4.69, 9.17) is 4.74 Å². The van der Waals surface area contributed by atoms with Crippen LogP contribution in [0.15, 0.2) is 30.3 Å². The normalized spacial score (nSPS) is 35.4. The molecule has 1 aromatic carbocycles. The number of esters is 1. The molecule has 4 saturated carbocycles. The van der Waals surface area contributed by atoms with Gasteiger partial charge in [0.25, 0.3) is 5.91 Å². The second-order valence-electron chi connectivity index (χ2n) is 8.30. The predicted molar refractivity (Wildman–Crippen MR) is 91.3 cm³/mol. The van der Waals surface area contributed by atoms with Gasteiger partial charge in [0.1, 0.15) is 0 Å². The Labute approximate surface area is 147 Å². The third-order valence-electron chi connectivity index (χ3n) is 6.13. The maximum Gasteiger partial charge on any atom is 0.312 e. The summed E-state index contributed by atoms with van der Waals surface area (Å²) in [6, 6.07) is 9.62. The van der Waals surface area contributed by atoms with Crippen LogP contribution in [0.2, 0.25) is 0 Å². The lowest BCUT2D eigenvalue weighted by Gasteiger charge is -2.58. The van der Waals surface area contributed by atoms with E-state index in [1.54, 1.807) is 0 Å². The summed E-state index contributed by atoms with van der Waals surface area (Å²) in [6.07, 6.45) is 4.85. The molecule has 0 aliphatic heterocycles. The molecular weight excluding hydrogens is 318 g/mol. The van der Waals surface area contributed by atoms with Crippen molar-refractivity contribution in [3.8, 4) is 0 Å². The average Bonchev–Trinajstić information content (AvgIpc) is 2.56. The highest BCUT2D eigenvalue weighted by atomic mass is 16.5. The molecule has 4 atom stereocenters. The maximum absolute atomic E-state index is 12.7. The van der Waals surface area contributed by atoms with Gasteiger partial charge in [0.2, 0.25) is 0 Å². The second-order valence-corrected chi connectivity index (χ2v) is 8.30. The highest BCUT2D eigenvalue weighted by Gasteiger charge is 2.60. The summed E-state index contributed by atoms with van der Waals surface area (Å²) < 4.78 is 5.36. The fraction of sp³-hybridized carbons (Fsp3) is 0.600. The number of nitrogens with one attached hydrogen (secondary N) is 1. The summed E-state index contributed by atoms with van der Waals surface area (Å²) in [6.45, 7) is 0.174. The zero-order chi connectivity index (χ0) is 17.5. The van der Waals surface area contributed by atoms with Gasteiger partial charge in [0, 0.05) is 6.54 Å². The fourth-order valence-electron chi connectivity index (χ4n) is 5.58. The Morgan fingerprint density at radius 3 is 2.44 bits per heavy atom. The molecule has 4 aliphatic carbocycles. The molecule has 0 aromatic heterocycles. The van der Waals surface area contributed by atoms with Gasteiger partial charge >= 0.3 is 5.97 Å². The van der Waals surface area contributed by atoms with Crippen LogP contribution in [0.25, 0.3) is 0 Å². The first-order chi connectivity index (χ1) is 12.0. The van der Waals surface area contributed by atoms with E-state index >= 15 is 0 Å². The number of rotatable bonds is 5. The second kappa shape index (κ2) is 6.13. The van der Waals surface area contributed by atoms with Crippen molar-refractivity contribution in [3.05, 3.63) is 35.9 Å². The Morgan fingerprint density at radius 2 is 1.80 bits per heavy atom. The van der Waals surface area contributed by atoms with Gasteiger partial charge in [-0.25, -0.2) is 0 Å². The zero-order valence-corrected chi connectivity index (χ0v) is 14.4. The van der Waals surface area contributed by atoms with Gasteiger partial charge in [-0.1, -0.05) is 30.3 Å². The Balaban J connectivity index is 1.31. The van der Waals surface area contributed by atoms with E-state index in [0.29, 0.717) is 24.8 Å². The number of benzene rings is 1. The van der Waals surface area contributed by atoms with E-state index in [-0.39, 0.29) is 18.5 Å². The van der Waals surface area contributed by atoms with Crippen LogP contribution in [-0.2, 0) is 20.9 Å². The molecule has 5 rings (SSSR count). The van der Waals surface area contributed by atoms with E-state index in [9.17, 15) is 14.7 Å². The number of amides is 1. The Kier molecular flexibility index (Phi) is 4.07. The molecule has 1 aromatic rings. The van der Waals surface area contributed by atoms with Crippen molar-refractivity contribution >= 4 is 11.9 Å². The lowest BCUT2D eigenvalue weighted by molar-refractivity contribution is -0.196. The molecule has 0 radical (unpaired) electrons. The van der Waals surface area contributed by atoms with Crippen LogP contribution in [0.1, 0.15) is 44.1 Å². The van der Waals surface area contributed by atoms with Crippen molar-refractivity contribution < 1.29 is 19.4 Å². The zero-order valence-electron chi connectivity index (χ0n) is 14.4. The van der Waals surface area contributed by atoms with Gasteiger partial charge in [-0.2, -0.15) is 0 Å². The van der Waals surface area contributed by atoms with Crippen molar-refractivity contribution in [3.63, 3.8) is 0 Å². The van der Waals surface area contributed by atoms with E-state index in [0.717, 1.165) is 37.7 Å². The number of carbonyl (C=O) groups excluding carboxylic acids is 2. The van der Waals surface area contributed by atoms with Crippen molar-refractivity contribution in [1.82, 2.24) is 5.32 Å². The largest absolute Gasteiger partial charge is 0.455 e. The minimum Gasteiger partial charge on any atom is -0.455 e. The Hall–Kier alpha value is -1.88. The van der Waals surface area contributed by atoms with Gasteiger partial charge in [0.05, 0.1) is 11.0 Å². The minimum absolute atomic E-state index is 0.249. The summed E-state index contributed by atoms with van der Waals surface area (Å²) in [4.78, 5) is 24.7. The Morgan fingerprint density at radius 1 is 1.12 bits per heavy atom. The first-order valence-electron chi connectivity index (χ1n) is 9.17. The highest BCUT2D eigenvalue weighted by Crippen LogP contribution is 2.61. The third kappa shape index (κ3) is 3.30. The highest BCUT2D eigenvalue weighted by molar-refractivity contribution is 5.83. The van der Waals surface area contributed by atoms with Crippen LogP contribution in [-0.4, -0.2) is 29.2 Å². The first kappa shape index (κ1) is 16.6. The molecule has 0 spiro atoms. The third-order valence-corrected chi connectivity index (χ3v) is 6.13. The van der Waals surface area contributed by atoms with Gasteiger partial charge in [-0.3, -0.25) is 9.59 Å². The number of aliphatic hydroxyl groups is 1. The molecule has 1 amide bonds. The molecule has 2 unspecified atom stereocenters. The summed E-state index contributed by atoms with van der Waals surface area (Å²) in [7, 11) is 0. The van der Waals surface area contributed by atoms with Crippen molar-refractivity contribution in [2.45, 2.75) is 50.7 Å². The molecule has 4 aliphatic rings. The SMILES string of the molecule is O=C(COC(=O)C12C[C@@H]3C[C@@H](CC(O)(C3)C1)C2)NCc1ccccc1. The van der Waals surface area contributed by atoms with Crippen molar-refractivity contribution in [2.75, 3.05) is 6.61 Å². The number of hydrogen-bond acceptors (Lipinski definition) is 4. The Bertz CT molecular complexity index is 658. The van der Waals surface area contributed by atoms with E-state index in [2.05, 4.69) is 5.32 Å². The topological polar surface area (TPSA) is 75.6 Å². The van der Waals surface area contributed by atoms with Gasteiger partial charge in [-0.05, 0) is 55.9 Å². The molecule has 2 N–H and O–H groups in total. The molecule has 25 heavy (non-hydrogen) atoms. The molecule has 5 heteroatoms. The van der Waals surface area contributed by atoms with Gasteiger partial charge < -0.3 is 15.2 Å². The lowest BCUT2D eigenvalue weighted by Crippen LogP contribution is -2.58. The molecule has 0 heterocycles. The quantitative estimate of drug-likeness (QED) is 0.804. The number of hydrogen-bond donors (Lipinski definition) is 2. The van der Waals surface area contributed by atoms with Crippen LogP contribution in [0.4, 0.5) is 0 Å². The molecule has 4 bridgehead atoms. The summed E-state index contributed by atoms with van der Waals surface area (Å²) >= 11 is 0. The average molecular weight is 343 g/mol. The number of ether oxygens (including phenoxy) is 1. The lowest BCUT2D eigenvalue weighted by atomic mass is 9.48. The smallest absolute Gasteiger partial charge is 0.312 e. The van der Waals surface area contributed by atoms with Crippen molar-refractivity contribution in [2.24, 2.45) is 17.3 Å². The van der Waals surface area contributed by atoms with E-state index in [1.807, 2.05) is 30.3 Å². The van der Waals surface area contributed by atoms with Crippen LogP contribution in [0, 0.1) is 17.3 Å². The van der Waals surface area contributed by atoms with Crippen LogP contribution >= 0.6 is 0 Å². The summed E-state index contributed by atoms with van der Waals surface area (Å²) in [5.74, 6) is 0.256. The predicted octanol–water partition coefficient (Wildman–Crippen LogP) is 2.18. The van der Waals surface area contributed by atoms with E-state index in [1.165, 1.54) is 0 Å². The monoisotopic (exact) mass is 343 g/mol. The molecule has 5 nitrogen and oxygen atoms in total. The maximum atomic E-state index is 12.7. The standard InChI is InChI=1S/C20H25NO4/c22-17(21-11-14-4-2-1-3-5-14)12-25-18(23)19-7-15-6-16(8-19)10-20(24,9-15)13-19/h1-5,15-16,24H,6-13H2,(H,21,22)/t15-,16+,19?,20?. The minimum atomic E-state index is -0.696. The molecule has 134 valence electrons. The fourth-order valence-corrected chi connectivity index (χ4v) is 5.58. The van der Waals surface area contributed by atoms with Crippen LogP contribution in [0.3, 0.4) is 0 Å². The van der Waals surface area contributed by atoms with Gasteiger partial charge in [-0.15, -0.1) is 0 Å². The summed E-state index contributed by atoms with van der Waals surface area (Å²) in [5.41, 5.74) is -0.262. The molecule has 0 saturated heterocycles. The molecule has 4 fully saturated rings. The van der Waals surface area contributed by atoms with Crippen LogP contribution < -0.4 is 5.32 Å². The van der Waals surface area contributed by atoms with Crippen LogP contribution in [0.5, 0.6) is 0 Å². The van der Waals surface area contributed by atoms with Crippen molar-refractivity contribution in [1.29, 1.82) is 0 Å². The number of carbonyl (C=O) groups is 2. The first-order valence-corrected chi connectivity index (χ1v) is 9.17. The molecular formula is C20H25NO4.